The van der Waals surface area contributed by atoms with Crippen LogP contribution in [0.15, 0.2) is 0 Å². The second kappa shape index (κ2) is 5.85. The van der Waals surface area contributed by atoms with E-state index in [9.17, 15) is 0 Å². The van der Waals surface area contributed by atoms with Gasteiger partial charge in [-0.3, -0.25) is 0 Å². The Balaban J connectivity index is 2.80. The second-order valence-corrected chi connectivity index (χ2v) is 8.29. The van der Waals surface area contributed by atoms with E-state index in [0.717, 1.165) is 40.9 Å². The molecule has 0 radical (unpaired) electrons. The normalized spacial score (nSPS) is 43.9. The van der Waals surface area contributed by atoms with Crippen LogP contribution in [0, 0.1) is 29.6 Å². The minimum absolute atomic E-state index is 0.845. The zero-order valence-corrected chi connectivity index (χ0v) is 13.2. The van der Waals surface area contributed by atoms with E-state index in [1.165, 1.54) is 15.0 Å². The molecule has 0 aromatic carbocycles. The molecule has 1 fully saturated rings. The van der Waals surface area contributed by atoms with E-state index in [0.29, 0.717) is 0 Å². The zero-order chi connectivity index (χ0) is 12.5. The molecular weight excluding hydrogens is 211 g/mol. The van der Waals surface area contributed by atoms with E-state index in [4.69, 9.17) is 0 Å². The molecule has 0 N–H and O–H groups in total. The molecule has 0 saturated carbocycles. The molecule has 0 nitrogen and oxygen atoms in total. The predicted molar refractivity (Wildman–Crippen MR) is 77.7 cm³/mol. The highest BCUT2D eigenvalue weighted by Gasteiger charge is 2.40. The molecule has 96 valence electrons. The molecule has 1 aliphatic heterocycles. The summed E-state index contributed by atoms with van der Waals surface area (Å²) in [5.74, 6) is 4.58. The lowest BCUT2D eigenvalue weighted by Crippen LogP contribution is -2.41. The Hall–Kier alpha value is 0.430. The van der Waals surface area contributed by atoms with Crippen molar-refractivity contribution in [1.82, 2.24) is 0 Å². The first-order chi connectivity index (χ1) is 7.40. The van der Waals surface area contributed by atoms with Crippen LogP contribution in [0.2, 0.25) is 0 Å². The summed E-state index contributed by atoms with van der Waals surface area (Å²) >= 11 is 0. The van der Waals surface area contributed by atoms with Crippen LogP contribution < -0.4 is 0 Å². The van der Waals surface area contributed by atoms with E-state index in [2.05, 4.69) is 48.5 Å². The lowest BCUT2D eigenvalue weighted by atomic mass is 9.74. The van der Waals surface area contributed by atoms with Gasteiger partial charge in [0.25, 0.3) is 0 Å². The molecule has 16 heavy (non-hydrogen) atoms. The van der Waals surface area contributed by atoms with E-state index < -0.39 is 0 Å². The summed E-state index contributed by atoms with van der Waals surface area (Å²) in [4.78, 5) is 0. The molecule has 0 aromatic heterocycles. The average molecular weight is 242 g/mol. The largest absolute Gasteiger partial charge is 0.115 e. The van der Waals surface area contributed by atoms with Crippen molar-refractivity contribution in [2.75, 3.05) is 0 Å². The van der Waals surface area contributed by atoms with Gasteiger partial charge >= 0.3 is 0 Å². The minimum Gasteiger partial charge on any atom is -0.115 e. The van der Waals surface area contributed by atoms with E-state index in [1.807, 2.05) is 0 Å². The summed E-state index contributed by atoms with van der Waals surface area (Å²) in [5.41, 5.74) is 1.93. The standard InChI is InChI=1S/C15H31P/c1-8-14-11(5)13(7)16-15(12(14)6)10(4)9(2)3/h9-16H,8H2,1-7H3. The highest BCUT2D eigenvalue weighted by atomic mass is 31.1. The summed E-state index contributed by atoms with van der Waals surface area (Å²) in [6.45, 7) is 17.1. The Morgan fingerprint density at radius 3 is 2.00 bits per heavy atom. The van der Waals surface area contributed by atoms with Crippen LogP contribution in [-0.2, 0) is 0 Å². The summed E-state index contributed by atoms with van der Waals surface area (Å²) in [6, 6.07) is 0. The first kappa shape index (κ1) is 14.5. The molecule has 7 unspecified atom stereocenters. The molecule has 0 spiro atoms. The summed E-state index contributed by atoms with van der Waals surface area (Å²) in [5, 5.41) is 0. The van der Waals surface area contributed by atoms with Crippen LogP contribution in [0.25, 0.3) is 0 Å². The van der Waals surface area contributed by atoms with Gasteiger partial charge in [0.05, 0.1) is 0 Å². The van der Waals surface area contributed by atoms with Gasteiger partial charge in [-0.25, -0.2) is 0 Å². The van der Waals surface area contributed by atoms with E-state index in [-0.39, 0.29) is 0 Å². The fourth-order valence-electron chi connectivity index (χ4n) is 3.51. The summed E-state index contributed by atoms with van der Waals surface area (Å²) in [6.07, 6.45) is 1.37. The van der Waals surface area contributed by atoms with Crippen molar-refractivity contribution in [2.24, 2.45) is 29.6 Å². The fourth-order valence-corrected chi connectivity index (χ4v) is 5.91. The monoisotopic (exact) mass is 242 g/mol. The Kier molecular flexibility index (Phi) is 5.30. The number of hydrogen-bond donors (Lipinski definition) is 0. The molecule has 1 rings (SSSR count). The second-order valence-electron chi connectivity index (χ2n) is 6.37. The molecular formula is C15H31P. The van der Waals surface area contributed by atoms with Crippen LogP contribution in [0.3, 0.4) is 0 Å². The van der Waals surface area contributed by atoms with Gasteiger partial charge in [0.15, 0.2) is 0 Å². The van der Waals surface area contributed by atoms with E-state index >= 15 is 0 Å². The maximum atomic E-state index is 2.52. The summed E-state index contributed by atoms with van der Waals surface area (Å²) in [7, 11) is 1.19. The van der Waals surface area contributed by atoms with Crippen LogP contribution in [0.5, 0.6) is 0 Å². The van der Waals surface area contributed by atoms with Gasteiger partial charge in [0.1, 0.15) is 0 Å². The number of rotatable bonds is 3. The summed E-state index contributed by atoms with van der Waals surface area (Å²) < 4.78 is 0. The van der Waals surface area contributed by atoms with Gasteiger partial charge in [0, 0.05) is 0 Å². The predicted octanol–water partition coefficient (Wildman–Crippen LogP) is 5.03. The fraction of sp³-hybridized carbons (Fsp3) is 1.00. The highest BCUT2D eigenvalue weighted by molar-refractivity contribution is 7.39. The third-order valence-electron chi connectivity index (χ3n) is 5.25. The zero-order valence-electron chi connectivity index (χ0n) is 12.2. The maximum absolute atomic E-state index is 2.52. The topological polar surface area (TPSA) is 0 Å². The quantitative estimate of drug-likeness (QED) is 0.609. The molecule has 0 aliphatic carbocycles. The number of hydrogen-bond acceptors (Lipinski definition) is 0. The first-order valence-corrected chi connectivity index (χ1v) is 8.31. The molecule has 1 saturated heterocycles. The van der Waals surface area contributed by atoms with Crippen molar-refractivity contribution in [3.05, 3.63) is 0 Å². The van der Waals surface area contributed by atoms with Gasteiger partial charge in [-0.1, -0.05) is 54.9 Å². The van der Waals surface area contributed by atoms with Gasteiger partial charge in [-0.2, -0.15) is 0 Å². The van der Waals surface area contributed by atoms with Crippen molar-refractivity contribution in [1.29, 1.82) is 0 Å². The third-order valence-corrected chi connectivity index (χ3v) is 7.74. The van der Waals surface area contributed by atoms with Crippen LogP contribution in [0.1, 0.15) is 54.9 Å². The average Bonchev–Trinajstić information content (AvgIpc) is 2.23. The minimum atomic E-state index is 0.845. The molecule has 1 heterocycles. The molecule has 1 aliphatic rings. The van der Waals surface area contributed by atoms with Gasteiger partial charge in [-0.05, 0) is 40.9 Å². The van der Waals surface area contributed by atoms with Crippen molar-refractivity contribution in [2.45, 2.75) is 66.2 Å². The molecule has 0 amide bonds. The van der Waals surface area contributed by atoms with Crippen molar-refractivity contribution in [3.63, 3.8) is 0 Å². The van der Waals surface area contributed by atoms with Crippen LogP contribution >= 0.6 is 8.58 Å². The Morgan fingerprint density at radius 1 is 1.00 bits per heavy atom. The van der Waals surface area contributed by atoms with Crippen LogP contribution in [0.4, 0.5) is 0 Å². The van der Waals surface area contributed by atoms with Crippen molar-refractivity contribution >= 4 is 8.58 Å². The lowest BCUT2D eigenvalue weighted by molar-refractivity contribution is 0.186. The maximum Gasteiger partial charge on any atom is -0.0178 e. The van der Waals surface area contributed by atoms with Gasteiger partial charge in [0.2, 0.25) is 0 Å². The van der Waals surface area contributed by atoms with Crippen molar-refractivity contribution in [3.8, 4) is 0 Å². The molecule has 0 aromatic rings. The first-order valence-electron chi connectivity index (χ1n) is 7.16. The van der Waals surface area contributed by atoms with Gasteiger partial charge < -0.3 is 0 Å². The van der Waals surface area contributed by atoms with E-state index in [1.54, 1.807) is 0 Å². The van der Waals surface area contributed by atoms with Crippen LogP contribution in [-0.4, -0.2) is 11.3 Å². The Bertz CT molecular complexity index is 211. The SMILES string of the molecule is CCC1C(C)C(C)PC(C(C)C(C)C)C1C. The molecule has 0 bridgehead atoms. The lowest BCUT2D eigenvalue weighted by Gasteiger charge is -2.47. The Morgan fingerprint density at radius 2 is 1.56 bits per heavy atom. The molecule has 1 heteroatoms. The third kappa shape index (κ3) is 2.81. The van der Waals surface area contributed by atoms with Gasteiger partial charge in [-0.15, -0.1) is 8.58 Å². The highest BCUT2D eigenvalue weighted by Crippen LogP contribution is 2.51. The Labute approximate surface area is 105 Å². The molecule has 7 atom stereocenters. The smallest absolute Gasteiger partial charge is 0.0178 e. The van der Waals surface area contributed by atoms with Crippen molar-refractivity contribution < 1.29 is 0 Å².